The van der Waals surface area contributed by atoms with E-state index in [4.69, 9.17) is 0 Å². The predicted molar refractivity (Wildman–Crippen MR) is 103 cm³/mol. The van der Waals surface area contributed by atoms with Gasteiger partial charge in [-0.1, -0.05) is 48.6 Å². The third kappa shape index (κ3) is 3.18. The summed E-state index contributed by atoms with van der Waals surface area (Å²) in [6.07, 6.45) is 8.45. The van der Waals surface area contributed by atoms with Crippen molar-refractivity contribution in [3.05, 3.63) is 87.9 Å². The topological polar surface area (TPSA) is 61.8 Å². The van der Waals surface area contributed by atoms with Crippen molar-refractivity contribution in [1.29, 1.82) is 0 Å². The zero-order valence-electron chi connectivity index (χ0n) is 15.0. The highest BCUT2D eigenvalue weighted by Gasteiger charge is 2.13. The van der Waals surface area contributed by atoms with Crippen molar-refractivity contribution in [2.75, 3.05) is 0 Å². The number of aromatic nitrogens is 4. The average Bonchev–Trinajstić information content (AvgIpc) is 3.09. The Kier molecular flexibility index (Phi) is 5.02. The van der Waals surface area contributed by atoms with Gasteiger partial charge in [0.05, 0.1) is 6.33 Å². The van der Waals surface area contributed by atoms with Gasteiger partial charge < -0.3 is 4.57 Å². The Labute approximate surface area is 151 Å². The van der Waals surface area contributed by atoms with Crippen LogP contribution in [0.5, 0.6) is 0 Å². The van der Waals surface area contributed by atoms with Crippen LogP contribution in [0.2, 0.25) is 0 Å². The number of nitrogens with zero attached hydrogens (tertiary/aromatic N) is 4. The number of fused-ring (bicyclic) bond motifs is 1. The van der Waals surface area contributed by atoms with Crippen molar-refractivity contribution in [1.82, 2.24) is 18.7 Å². The molecule has 1 aromatic carbocycles. The van der Waals surface area contributed by atoms with Crippen LogP contribution in [0.4, 0.5) is 0 Å². The van der Waals surface area contributed by atoms with Crippen molar-refractivity contribution in [3.8, 4) is 0 Å². The number of aryl methyl sites for hydroxylation is 2. The van der Waals surface area contributed by atoms with Crippen LogP contribution in [0.15, 0.2) is 71.1 Å². The van der Waals surface area contributed by atoms with E-state index in [0.717, 1.165) is 11.0 Å². The molecule has 0 bridgehead atoms. The van der Waals surface area contributed by atoms with E-state index in [9.17, 15) is 9.59 Å². The Hall–Kier alpha value is -3.15. The largest absolute Gasteiger partial charge is 0.332 e. The average molecular weight is 350 g/mol. The minimum atomic E-state index is -0.371. The number of hydrogen-bond donors (Lipinski definition) is 0. The first-order valence-corrected chi connectivity index (χ1v) is 8.49. The van der Waals surface area contributed by atoms with Crippen LogP contribution in [0.1, 0.15) is 17.9 Å². The second kappa shape index (κ2) is 7.39. The van der Waals surface area contributed by atoms with Gasteiger partial charge in [0, 0.05) is 26.6 Å². The fourth-order valence-electron chi connectivity index (χ4n) is 3.02. The summed E-state index contributed by atoms with van der Waals surface area (Å²) in [5.74, 6) is 0.157. The third-order valence-corrected chi connectivity index (χ3v) is 4.54. The lowest BCUT2D eigenvalue weighted by Gasteiger charge is -2.08. The highest BCUT2D eigenvalue weighted by Crippen LogP contribution is 2.18. The van der Waals surface area contributed by atoms with Crippen LogP contribution < -0.4 is 11.2 Å². The van der Waals surface area contributed by atoms with Crippen LogP contribution in [-0.4, -0.2) is 18.7 Å². The van der Waals surface area contributed by atoms with Crippen molar-refractivity contribution in [2.24, 2.45) is 14.1 Å². The smallest absolute Gasteiger partial charge is 0.324 e. The molecule has 0 fully saturated rings. The van der Waals surface area contributed by atoms with Gasteiger partial charge in [-0.2, -0.15) is 0 Å². The molecule has 26 heavy (non-hydrogen) atoms. The standard InChI is InChI=1S/C20H22N4O2/c1-4-15(16-11-6-5-7-12-16)10-8-9-13-24-14-21-18-17(24)19(25)23(3)20(26)22(18)2/h4-8,10-12,14-15H,1,9,13H2,2-3H3/b10-8+. The van der Waals surface area contributed by atoms with Crippen molar-refractivity contribution in [2.45, 2.75) is 18.9 Å². The number of benzene rings is 1. The molecule has 3 aromatic rings. The van der Waals surface area contributed by atoms with Crippen LogP contribution in [0, 0.1) is 0 Å². The molecule has 0 spiro atoms. The molecule has 0 aliphatic carbocycles. The zero-order valence-corrected chi connectivity index (χ0v) is 15.0. The fraction of sp³-hybridized carbons (Fsp3) is 0.250. The lowest BCUT2D eigenvalue weighted by molar-refractivity contribution is 0.690. The molecule has 0 radical (unpaired) electrons. The molecule has 0 amide bonds. The second-order valence-electron chi connectivity index (χ2n) is 6.20. The Morgan fingerprint density at radius 1 is 1.15 bits per heavy atom. The van der Waals surface area contributed by atoms with Gasteiger partial charge in [-0.05, 0) is 12.0 Å². The van der Waals surface area contributed by atoms with Crippen molar-refractivity contribution < 1.29 is 0 Å². The monoisotopic (exact) mass is 350 g/mol. The van der Waals surface area contributed by atoms with Crippen molar-refractivity contribution >= 4 is 11.2 Å². The van der Waals surface area contributed by atoms with E-state index in [1.54, 1.807) is 17.9 Å². The fourth-order valence-corrected chi connectivity index (χ4v) is 3.02. The van der Waals surface area contributed by atoms with E-state index < -0.39 is 0 Å². The van der Waals surface area contributed by atoms with E-state index >= 15 is 0 Å². The molecular weight excluding hydrogens is 328 g/mol. The van der Waals surface area contributed by atoms with Crippen molar-refractivity contribution in [3.63, 3.8) is 0 Å². The maximum Gasteiger partial charge on any atom is 0.332 e. The molecule has 6 heteroatoms. The SMILES string of the molecule is C=CC(/C=C/CCn1cnc2c1c(=O)n(C)c(=O)n2C)c1ccccc1. The Bertz CT molecular complexity index is 1070. The molecule has 6 nitrogen and oxygen atoms in total. The Morgan fingerprint density at radius 2 is 1.88 bits per heavy atom. The minimum absolute atomic E-state index is 0.157. The van der Waals surface area contributed by atoms with E-state index in [2.05, 4.69) is 35.8 Å². The highest BCUT2D eigenvalue weighted by molar-refractivity contribution is 5.69. The summed E-state index contributed by atoms with van der Waals surface area (Å²) in [6.45, 7) is 4.51. The summed E-state index contributed by atoms with van der Waals surface area (Å²) in [5.41, 5.74) is 1.36. The van der Waals surface area contributed by atoms with E-state index in [1.165, 1.54) is 17.2 Å². The lowest BCUT2D eigenvalue weighted by atomic mass is 9.98. The molecule has 1 unspecified atom stereocenters. The van der Waals surface area contributed by atoms with Gasteiger partial charge in [0.15, 0.2) is 11.2 Å². The van der Waals surface area contributed by atoms with Gasteiger partial charge in [0.25, 0.3) is 5.56 Å². The molecular formula is C20H22N4O2. The maximum atomic E-state index is 12.4. The van der Waals surface area contributed by atoms with Crippen LogP contribution in [-0.2, 0) is 20.6 Å². The van der Waals surface area contributed by atoms with Crippen LogP contribution in [0.3, 0.4) is 0 Å². The summed E-state index contributed by atoms with van der Waals surface area (Å²) < 4.78 is 4.30. The number of hydrogen-bond acceptors (Lipinski definition) is 3. The molecule has 0 aliphatic heterocycles. The van der Waals surface area contributed by atoms with E-state index in [1.807, 2.05) is 24.3 Å². The van der Waals surface area contributed by atoms with Gasteiger partial charge in [0.2, 0.25) is 0 Å². The van der Waals surface area contributed by atoms with Gasteiger partial charge >= 0.3 is 5.69 Å². The van der Waals surface area contributed by atoms with Gasteiger partial charge in [-0.15, -0.1) is 6.58 Å². The van der Waals surface area contributed by atoms with E-state index in [0.29, 0.717) is 17.7 Å². The number of allylic oxidation sites excluding steroid dienone is 3. The van der Waals surface area contributed by atoms with Crippen LogP contribution in [0.25, 0.3) is 11.2 Å². The Balaban J connectivity index is 1.80. The summed E-state index contributed by atoms with van der Waals surface area (Å²) in [4.78, 5) is 28.6. The molecule has 0 aliphatic rings. The lowest BCUT2D eigenvalue weighted by Crippen LogP contribution is -2.37. The first-order chi connectivity index (χ1) is 12.5. The van der Waals surface area contributed by atoms with Gasteiger partial charge in [-0.25, -0.2) is 9.78 Å². The molecule has 3 rings (SSSR count). The maximum absolute atomic E-state index is 12.4. The third-order valence-electron chi connectivity index (χ3n) is 4.54. The molecule has 134 valence electrons. The summed E-state index contributed by atoms with van der Waals surface area (Å²) >= 11 is 0. The van der Waals surface area contributed by atoms with Gasteiger partial charge in [0.1, 0.15) is 0 Å². The van der Waals surface area contributed by atoms with Crippen LogP contribution >= 0.6 is 0 Å². The molecule has 0 saturated heterocycles. The normalized spacial score (nSPS) is 12.7. The predicted octanol–water partition coefficient (Wildman–Crippen LogP) is 2.35. The summed E-state index contributed by atoms with van der Waals surface area (Å²) in [5, 5.41) is 0. The second-order valence-corrected chi connectivity index (χ2v) is 6.20. The molecule has 2 aromatic heterocycles. The highest BCUT2D eigenvalue weighted by atomic mass is 16.2. The van der Waals surface area contributed by atoms with E-state index in [-0.39, 0.29) is 17.2 Å². The first kappa shape index (κ1) is 17.7. The minimum Gasteiger partial charge on any atom is -0.324 e. The molecule has 2 heterocycles. The number of imidazole rings is 1. The molecule has 1 atom stereocenters. The first-order valence-electron chi connectivity index (χ1n) is 8.49. The summed E-state index contributed by atoms with van der Waals surface area (Å²) in [6, 6.07) is 10.2. The Morgan fingerprint density at radius 3 is 2.58 bits per heavy atom. The number of rotatable bonds is 6. The zero-order chi connectivity index (χ0) is 18.7. The summed E-state index contributed by atoms with van der Waals surface area (Å²) in [7, 11) is 3.10. The molecule has 0 saturated carbocycles. The van der Waals surface area contributed by atoms with Gasteiger partial charge in [-0.3, -0.25) is 13.9 Å². The quantitative estimate of drug-likeness (QED) is 0.641. The molecule has 0 N–H and O–H groups in total.